The van der Waals surface area contributed by atoms with Crippen LogP contribution in [0.5, 0.6) is 5.75 Å². The van der Waals surface area contributed by atoms with Gasteiger partial charge >= 0.3 is 5.56 Å². The van der Waals surface area contributed by atoms with E-state index in [9.17, 15) is 17.6 Å². The number of anilines is 1. The summed E-state index contributed by atoms with van der Waals surface area (Å²) in [6, 6.07) is 5.73. The van der Waals surface area contributed by atoms with Crippen molar-refractivity contribution in [1.29, 1.82) is 0 Å². The molecule has 11 heteroatoms. The van der Waals surface area contributed by atoms with E-state index in [-0.39, 0.29) is 5.75 Å². The number of aromatic nitrogens is 2. The van der Waals surface area contributed by atoms with E-state index in [0.717, 1.165) is 36.8 Å². The highest BCUT2D eigenvalue weighted by Gasteiger charge is 2.31. The third-order valence-corrected chi connectivity index (χ3v) is 10.6. The van der Waals surface area contributed by atoms with E-state index >= 15 is 0 Å². The molecule has 3 rings (SSSR count). The molecule has 1 aliphatic rings. The molecule has 1 aromatic carbocycles. The number of rotatable bonds is 21. The molecule has 44 heavy (non-hydrogen) atoms. The first-order valence-corrected chi connectivity index (χ1v) is 18.1. The van der Waals surface area contributed by atoms with Crippen molar-refractivity contribution in [3.63, 3.8) is 0 Å². The molecule has 0 spiro atoms. The van der Waals surface area contributed by atoms with Gasteiger partial charge in [-0.15, -0.1) is 0 Å². The summed E-state index contributed by atoms with van der Waals surface area (Å²) in [7, 11) is -3.36. The molecular formula is C33H53FN4O5S. The fourth-order valence-corrected chi connectivity index (χ4v) is 6.84. The van der Waals surface area contributed by atoms with Gasteiger partial charge in [-0.25, -0.2) is 12.8 Å². The molecule has 1 fully saturated rings. The van der Waals surface area contributed by atoms with Crippen LogP contribution < -0.4 is 15.2 Å². The summed E-state index contributed by atoms with van der Waals surface area (Å²) in [6.45, 7) is 5.51. The summed E-state index contributed by atoms with van der Waals surface area (Å²) in [5, 5.41) is 12.7. The highest BCUT2D eigenvalue weighted by molar-refractivity contribution is 7.89. The lowest BCUT2D eigenvalue weighted by Gasteiger charge is -2.36. The molecule has 0 bridgehead atoms. The van der Waals surface area contributed by atoms with Gasteiger partial charge in [-0.1, -0.05) is 83.1 Å². The van der Waals surface area contributed by atoms with Crippen LogP contribution in [0.2, 0.25) is 0 Å². The topological polar surface area (TPSA) is 105 Å². The zero-order valence-corrected chi connectivity index (χ0v) is 27.6. The molecule has 1 aliphatic heterocycles. The molecule has 9 nitrogen and oxygen atoms in total. The minimum atomic E-state index is -3.36. The minimum absolute atomic E-state index is 0.165. The molecule has 0 radical (unpaired) electrons. The van der Waals surface area contributed by atoms with E-state index in [1.165, 1.54) is 80.3 Å². The molecular weight excluding hydrogens is 583 g/mol. The van der Waals surface area contributed by atoms with E-state index in [1.54, 1.807) is 26.1 Å². The molecule has 2 heterocycles. The van der Waals surface area contributed by atoms with Crippen molar-refractivity contribution >= 4 is 15.7 Å². The minimum Gasteiger partial charge on any atom is -0.486 e. The van der Waals surface area contributed by atoms with Gasteiger partial charge < -0.3 is 14.7 Å². The Balaban J connectivity index is 1.48. The molecule has 2 aromatic rings. The zero-order chi connectivity index (χ0) is 31.8. The maximum Gasteiger partial charge on any atom is 0.316 e. The second kappa shape index (κ2) is 19.1. The Morgan fingerprint density at radius 3 is 1.93 bits per heavy atom. The lowest BCUT2D eigenvalue weighted by molar-refractivity contribution is 0.282. The van der Waals surface area contributed by atoms with Crippen LogP contribution in [0.3, 0.4) is 0 Å². The van der Waals surface area contributed by atoms with Gasteiger partial charge in [-0.3, -0.25) is 4.79 Å². The normalized spacial score (nSPS) is 14.4. The third-order valence-electron chi connectivity index (χ3n) is 8.30. The molecule has 0 amide bonds. The van der Waals surface area contributed by atoms with Crippen LogP contribution in [-0.4, -0.2) is 72.3 Å². The average molecular weight is 637 g/mol. The van der Waals surface area contributed by atoms with Gasteiger partial charge in [0.05, 0.1) is 23.7 Å². The van der Waals surface area contributed by atoms with Gasteiger partial charge in [0.1, 0.15) is 11.5 Å². The molecule has 0 atom stereocenters. The van der Waals surface area contributed by atoms with Gasteiger partial charge in [0.2, 0.25) is 15.8 Å². The van der Waals surface area contributed by atoms with Crippen molar-refractivity contribution in [1.82, 2.24) is 14.1 Å². The first-order chi connectivity index (χ1) is 21.3. The number of hydrogen-bond donors (Lipinski definition) is 1. The van der Waals surface area contributed by atoms with Crippen LogP contribution in [0.25, 0.3) is 5.69 Å². The van der Waals surface area contributed by atoms with E-state index < -0.39 is 26.6 Å². The van der Waals surface area contributed by atoms with E-state index in [1.807, 2.05) is 4.90 Å². The van der Waals surface area contributed by atoms with Gasteiger partial charge in [0.25, 0.3) is 0 Å². The Hall–Kier alpha value is -2.50. The van der Waals surface area contributed by atoms with Crippen molar-refractivity contribution in [3.8, 4) is 11.4 Å². The summed E-state index contributed by atoms with van der Waals surface area (Å²) in [6.07, 6.45) is 18.0. The summed E-state index contributed by atoms with van der Waals surface area (Å²) >= 11 is 0. The van der Waals surface area contributed by atoms with Crippen molar-refractivity contribution in [2.24, 2.45) is 0 Å². The maximum absolute atomic E-state index is 13.9. The number of aliphatic hydroxyl groups excluding tert-OH is 1. The number of ether oxygens (including phenoxy) is 1. The summed E-state index contributed by atoms with van der Waals surface area (Å²) in [4.78, 5) is 15.5. The lowest BCUT2D eigenvalue weighted by Crippen LogP contribution is -2.50. The number of nitrogens with zero attached hydrogens (tertiary/aromatic N) is 4. The van der Waals surface area contributed by atoms with Gasteiger partial charge in [-0.05, 0) is 44.9 Å². The van der Waals surface area contributed by atoms with Crippen LogP contribution in [0.1, 0.15) is 104 Å². The molecule has 248 valence electrons. The van der Waals surface area contributed by atoms with Crippen molar-refractivity contribution in [2.75, 3.05) is 44.3 Å². The molecule has 1 saturated heterocycles. The fourth-order valence-electron chi connectivity index (χ4n) is 5.57. The first kappa shape index (κ1) is 36.0. The van der Waals surface area contributed by atoms with Crippen molar-refractivity contribution in [2.45, 2.75) is 109 Å². The van der Waals surface area contributed by atoms with Crippen LogP contribution in [-0.2, 0) is 10.0 Å². The Morgan fingerprint density at radius 1 is 0.864 bits per heavy atom. The van der Waals surface area contributed by atoms with Crippen LogP contribution >= 0.6 is 0 Å². The second-order valence-electron chi connectivity index (χ2n) is 12.1. The Labute approximate surface area is 263 Å². The second-order valence-corrected chi connectivity index (χ2v) is 14.5. The van der Waals surface area contributed by atoms with E-state index in [0.29, 0.717) is 50.8 Å². The Kier molecular flexibility index (Phi) is 15.6. The largest absolute Gasteiger partial charge is 0.486 e. The van der Waals surface area contributed by atoms with Crippen molar-refractivity contribution in [3.05, 3.63) is 46.6 Å². The lowest BCUT2D eigenvalue weighted by atomic mass is 10.0. The summed E-state index contributed by atoms with van der Waals surface area (Å²) < 4.78 is 47.9. The monoisotopic (exact) mass is 636 g/mol. The molecule has 1 aromatic heterocycles. The van der Waals surface area contributed by atoms with E-state index in [2.05, 4.69) is 5.10 Å². The van der Waals surface area contributed by atoms with Crippen LogP contribution in [0.4, 0.5) is 10.1 Å². The predicted molar refractivity (Wildman–Crippen MR) is 175 cm³/mol. The molecule has 1 N–H and O–H groups in total. The SMILES string of the molecule is CC(C)S(=O)(=O)N1CCN(c2cnn(-c3cccc(F)c3)c(=O)c2OCCCCCCCCCCCCCCCCO)CC1. The quantitative estimate of drug-likeness (QED) is 0.166. The Morgan fingerprint density at radius 2 is 1.41 bits per heavy atom. The highest BCUT2D eigenvalue weighted by Crippen LogP contribution is 2.27. The maximum atomic E-state index is 13.9. The number of aliphatic hydroxyl groups is 1. The highest BCUT2D eigenvalue weighted by atomic mass is 32.2. The van der Waals surface area contributed by atoms with E-state index in [4.69, 9.17) is 9.84 Å². The van der Waals surface area contributed by atoms with Gasteiger partial charge in [-0.2, -0.15) is 14.1 Å². The van der Waals surface area contributed by atoms with Crippen LogP contribution in [0.15, 0.2) is 35.3 Å². The number of benzene rings is 1. The first-order valence-electron chi connectivity index (χ1n) is 16.6. The number of hydrogen-bond acceptors (Lipinski definition) is 7. The van der Waals surface area contributed by atoms with Gasteiger partial charge in [0, 0.05) is 32.8 Å². The van der Waals surface area contributed by atoms with Crippen molar-refractivity contribution < 1.29 is 22.7 Å². The number of halogens is 1. The summed E-state index contributed by atoms with van der Waals surface area (Å²) in [5.74, 6) is -0.298. The number of piperazine rings is 1. The molecule has 0 unspecified atom stereocenters. The molecule has 0 saturated carbocycles. The van der Waals surface area contributed by atoms with Crippen LogP contribution in [0, 0.1) is 5.82 Å². The number of unbranched alkanes of at least 4 members (excludes halogenated alkanes) is 13. The molecule has 0 aliphatic carbocycles. The zero-order valence-electron chi connectivity index (χ0n) is 26.8. The summed E-state index contributed by atoms with van der Waals surface area (Å²) in [5.41, 5.74) is 0.391. The predicted octanol–water partition coefficient (Wildman–Crippen LogP) is 6.06. The third kappa shape index (κ3) is 11.1. The number of sulfonamides is 1. The average Bonchev–Trinajstić information content (AvgIpc) is 3.01. The fraction of sp³-hybridized carbons (Fsp3) is 0.697. The Bertz CT molecular complexity index is 1280. The smallest absolute Gasteiger partial charge is 0.316 e. The standard InChI is InChI=1S/C33H53FN4O5S/c1-28(2)44(41,42)37-22-20-36(21-23-37)31-27-35-38(30-19-17-18-29(34)26-30)33(40)32(31)43-25-16-14-12-10-8-6-4-3-5-7-9-11-13-15-24-39/h17-19,26-28,39H,3-16,20-25H2,1-2H3. The van der Waals surface area contributed by atoms with Gasteiger partial charge in [0.15, 0.2) is 0 Å².